The van der Waals surface area contributed by atoms with E-state index in [9.17, 15) is 0 Å². The lowest BCUT2D eigenvalue weighted by Crippen LogP contribution is -2.26. The molecule has 1 N–H and O–H groups in total. The Morgan fingerprint density at radius 2 is 2.13 bits per heavy atom. The number of anilines is 1. The Morgan fingerprint density at radius 3 is 2.93 bits per heavy atom. The molecule has 0 bridgehead atoms. The second-order valence-electron chi connectivity index (χ2n) is 4.64. The van der Waals surface area contributed by atoms with Crippen molar-refractivity contribution in [3.05, 3.63) is 42.0 Å². The van der Waals surface area contributed by atoms with Crippen molar-refractivity contribution >= 4 is 5.69 Å². The Labute approximate surface area is 91.2 Å². The Hall–Kier alpha value is -1.24. The van der Waals surface area contributed by atoms with E-state index in [1.807, 2.05) is 0 Å². The number of fused-ring (bicyclic) bond motifs is 1. The highest BCUT2D eigenvalue weighted by atomic mass is 15.0. The van der Waals surface area contributed by atoms with Gasteiger partial charge in [-0.15, -0.1) is 0 Å². The van der Waals surface area contributed by atoms with Crippen molar-refractivity contribution in [3.8, 4) is 0 Å². The summed E-state index contributed by atoms with van der Waals surface area (Å²) in [6.07, 6.45) is 9.94. The van der Waals surface area contributed by atoms with Crippen LogP contribution in [-0.2, 0) is 6.42 Å². The van der Waals surface area contributed by atoms with Gasteiger partial charge in [-0.1, -0.05) is 30.4 Å². The lowest BCUT2D eigenvalue weighted by Gasteiger charge is -2.23. The molecule has 2 unspecified atom stereocenters. The van der Waals surface area contributed by atoms with Crippen LogP contribution in [0.4, 0.5) is 5.69 Å². The number of allylic oxidation sites excluding steroid dienone is 1. The number of rotatable bonds is 1. The topological polar surface area (TPSA) is 12.0 Å². The molecule has 0 fully saturated rings. The van der Waals surface area contributed by atoms with Gasteiger partial charge in [-0.05, 0) is 43.2 Å². The summed E-state index contributed by atoms with van der Waals surface area (Å²) >= 11 is 0. The van der Waals surface area contributed by atoms with Crippen LogP contribution in [0.1, 0.15) is 24.8 Å². The van der Waals surface area contributed by atoms with Gasteiger partial charge in [0.15, 0.2) is 0 Å². The first-order valence-corrected chi connectivity index (χ1v) is 5.94. The van der Waals surface area contributed by atoms with Gasteiger partial charge in [0.1, 0.15) is 0 Å². The highest BCUT2D eigenvalue weighted by molar-refractivity contribution is 5.56. The number of para-hydroxylation sites is 1. The van der Waals surface area contributed by atoms with Crippen molar-refractivity contribution < 1.29 is 0 Å². The van der Waals surface area contributed by atoms with Gasteiger partial charge >= 0.3 is 0 Å². The molecule has 1 aromatic carbocycles. The van der Waals surface area contributed by atoms with E-state index < -0.39 is 0 Å². The summed E-state index contributed by atoms with van der Waals surface area (Å²) in [7, 11) is 0. The molecule has 1 aliphatic carbocycles. The van der Waals surface area contributed by atoms with E-state index in [4.69, 9.17) is 0 Å². The van der Waals surface area contributed by atoms with E-state index in [2.05, 4.69) is 41.7 Å². The first-order valence-electron chi connectivity index (χ1n) is 5.94. The third-order valence-electron chi connectivity index (χ3n) is 3.61. The average Bonchev–Trinajstić information content (AvgIpc) is 2.74. The Kier molecular flexibility index (Phi) is 2.24. The normalized spacial score (nSPS) is 28.5. The quantitative estimate of drug-likeness (QED) is 0.684. The van der Waals surface area contributed by atoms with Gasteiger partial charge in [-0.25, -0.2) is 0 Å². The van der Waals surface area contributed by atoms with E-state index in [0.717, 1.165) is 5.92 Å². The molecule has 1 aromatic rings. The third kappa shape index (κ3) is 1.67. The smallest absolute Gasteiger partial charge is 0.0375 e. The molecule has 0 saturated carbocycles. The van der Waals surface area contributed by atoms with Gasteiger partial charge in [-0.2, -0.15) is 0 Å². The zero-order valence-corrected chi connectivity index (χ0v) is 8.95. The fourth-order valence-corrected chi connectivity index (χ4v) is 2.76. The number of hydrogen-bond acceptors (Lipinski definition) is 1. The largest absolute Gasteiger partial charge is 0.381 e. The molecule has 2 atom stereocenters. The highest BCUT2D eigenvalue weighted by Gasteiger charge is 2.26. The van der Waals surface area contributed by atoms with Gasteiger partial charge in [0.2, 0.25) is 0 Å². The molecule has 15 heavy (non-hydrogen) atoms. The Balaban J connectivity index is 1.78. The van der Waals surface area contributed by atoms with Gasteiger partial charge in [-0.3, -0.25) is 0 Å². The molecule has 1 heterocycles. The summed E-state index contributed by atoms with van der Waals surface area (Å²) < 4.78 is 0. The van der Waals surface area contributed by atoms with Crippen LogP contribution in [0.5, 0.6) is 0 Å². The molecule has 78 valence electrons. The predicted octanol–water partition coefficient (Wildman–Crippen LogP) is 3.38. The lowest BCUT2D eigenvalue weighted by molar-refractivity contribution is 0.474. The Bertz CT molecular complexity index is 356. The second kappa shape index (κ2) is 3.73. The Morgan fingerprint density at radius 1 is 1.20 bits per heavy atom. The van der Waals surface area contributed by atoms with Crippen LogP contribution in [0.15, 0.2) is 36.4 Å². The molecule has 3 rings (SSSR count). The molecule has 0 radical (unpaired) electrons. The SMILES string of the molecule is C1=CC(C2Cc3ccccc3N2)CCC1. The number of hydrogen-bond donors (Lipinski definition) is 1. The zero-order valence-electron chi connectivity index (χ0n) is 8.95. The maximum atomic E-state index is 3.65. The van der Waals surface area contributed by atoms with Crippen LogP contribution >= 0.6 is 0 Å². The standard InChI is InChI=1S/C14H17N/c1-2-6-11(7-3-1)14-10-12-8-4-5-9-13(12)15-14/h2,4-6,8-9,11,14-15H,1,3,7,10H2. The maximum absolute atomic E-state index is 3.65. The first-order chi connectivity index (χ1) is 7.43. The van der Waals surface area contributed by atoms with Gasteiger partial charge in [0.05, 0.1) is 0 Å². The molecule has 1 nitrogen and oxygen atoms in total. The maximum Gasteiger partial charge on any atom is 0.0375 e. The fourth-order valence-electron chi connectivity index (χ4n) is 2.76. The lowest BCUT2D eigenvalue weighted by atomic mass is 9.88. The molecule has 0 saturated heterocycles. The van der Waals surface area contributed by atoms with Crippen molar-refractivity contribution in [2.24, 2.45) is 5.92 Å². The summed E-state index contributed by atoms with van der Waals surface area (Å²) in [5.74, 6) is 0.742. The summed E-state index contributed by atoms with van der Waals surface area (Å²) in [6.45, 7) is 0. The molecular formula is C14H17N. The third-order valence-corrected chi connectivity index (χ3v) is 3.61. The first kappa shape index (κ1) is 9.02. The summed E-state index contributed by atoms with van der Waals surface area (Å²) in [5.41, 5.74) is 2.84. The second-order valence-corrected chi connectivity index (χ2v) is 4.64. The van der Waals surface area contributed by atoms with Gasteiger partial charge in [0.25, 0.3) is 0 Å². The molecule has 1 aliphatic heterocycles. The van der Waals surface area contributed by atoms with Crippen LogP contribution in [-0.4, -0.2) is 6.04 Å². The molecule has 1 heteroatoms. The molecule has 0 amide bonds. The molecule has 0 spiro atoms. The van der Waals surface area contributed by atoms with Crippen LogP contribution in [0, 0.1) is 5.92 Å². The monoisotopic (exact) mass is 199 g/mol. The minimum Gasteiger partial charge on any atom is -0.381 e. The van der Waals surface area contributed by atoms with Crippen LogP contribution in [0.25, 0.3) is 0 Å². The van der Waals surface area contributed by atoms with E-state index >= 15 is 0 Å². The molecule has 0 aromatic heterocycles. The molecule has 2 aliphatic rings. The van der Waals surface area contributed by atoms with Crippen molar-refractivity contribution in [2.75, 3.05) is 5.32 Å². The average molecular weight is 199 g/mol. The zero-order chi connectivity index (χ0) is 10.1. The van der Waals surface area contributed by atoms with E-state index in [1.165, 1.54) is 36.9 Å². The number of benzene rings is 1. The van der Waals surface area contributed by atoms with E-state index in [1.54, 1.807) is 0 Å². The van der Waals surface area contributed by atoms with Crippen molar-refractivity contribution in [2.45, 2.75) is 31.7 Å². The predicted molar refractivity (Wildman–Crippen MR) is 64.0 cm³/mol. The minimum atomic E-state index is 0.638. The van der Waals surface area contributed by atoms with Crippen molar-refractivity contribution in [1.29, 1.82) is 0 Å². The van der Waals surface area contributed by atoms with Crippen LogP contribution < -0.4 is 5.32 Å². The van der Waals surface area contributed by atoms with Gasteiger partial charge in [0, 0.05) is 11.7 Å². The van der Waals surface area contributed by atoms with E-state index in [-0.39, 0.29) is 0 Å². The minimum absolute atomic E-state index is 0.638. The molecular weight excluding hydrogens is 182 g/mol. The fraction of sp³-hybridized carbons (Fsp3) is 0.429. The number of nitrogens with one attached hydrogen (secondary N) is 1. The van der Waals surface area contributed by atoms with E-state index in [0.29, 0.717) is 6.04 Å². The van der Waals surface area contributed by atoms with Gasteiger partial charge < -0.3 is 5.32 Å². The summed E-state index contributed by atoms with van der Waals surface area (Å²) in [6, 6.07) is 9.33. The summed E-state index contributed by atoms with van der Waals surface area (Å²) in [5, 5.41) is 3.65. The highest BCUT2D eigenvalue weighted by Crippen LogP contribution is 2.32. The summed E-state index contributed by atoms with van der Waals surface area (Å²) in [4.78, 5) is 0. The van der Waals surface area contributed by atoms with Crippen LogP contribution in [0.2, 0.25) is 0 Å². The van der Waals surface area contributed by atoms with Crippen molar-refractivity contribution in [3.63, 3.8) is 0 Å². The van der Waals surface area contributed by atoms with Crippen molar-refractivity contribution in [1.82, 2.24) is 0 Å². The van der Waals surface area contributed by atoms with Crippen LogP contribution in [0.3, 0.4) is 0 Å².